The van der Waals surface area contributed by atoms with E-state index in [1.807, 2.05) is 18.4 Å². The highest BCUT2D eigenvalue weighted by atomic mass is 32.1. The molecule has 0 saturated heterocycles. The van der Waals surface area contributed by atoms with E-state index in [2.05, 4.69) is 24.5 Å². The molecule has 1 N–H and O–H groups in total. The summed E-state index contributed by atoms with van der Waals surface area (Å²) in [5.74, 6) is 0. The first-order chi connectivity index (χ1) is 6.62. The maximum atomic E-state index is 3.25. The second-order valence-corrected chi connectivity index (χ2v) is 6.00. The molecule has 0 unspecified atom stereocenters. The molecule has 1 aliphatic carbocycles. The maximum absolute atomic E-state index is 3.25. The molecule has 0 radical (unpaired) electrons. The lowest BCUT2D eigenvalue weighted by atomic mass is 9.77. The fraction of sp³-hybridized carbons (Fsp3) is 0.667. The van der Waals surface area contributed by atoms with Crippen molar-refractivity contribution in [3.8, 4) is 0 Å². The molecule has 0 bridgehead atoms. The van der Waals surface area contributed by atoms with Crippen molar-refractivity contribution in [2.75, 3.05) is 7.05 Å². The Labute approximate surface area is 90.5 Å². The van der Waals surface area contributed by atoms with Gasteiger partial charge >= 0.3 is 0 Å². The standard InChI is InChI=1S/C12H19NS/c1-12(2)5-4-10-9(7-13-3)8-14-11(10)6-12/h8,13H,4-7H2,1-3H3. The SMILES string of the molecule is CNCc1csc2c1CCC(C)(C)C2. The van der Waals surface area contributed by atoms with Crippen molar-refractivity contribution in [2.24, 2.45) is 5.41 Å². The minimum Gasteiger partial charge on any atom is -0.316 e. The lowest BCUT2D eigenvalue weighted by Crippen LogP contribution is -2.21. The summed E-state index contributed by atoms with van der Waals surface area (Å²) >= 11 is 1.95. The van der Waals surface area contributed by atoms with Gasteiger partial charge in [0.1, 0.15) is 0 Å². The Morgan fingerprint density at radius 1 is 1.50 bits per heavy atom. The van der Waals surface area contributed by atoms with E-state index >= 15 is 0 Å². The third-order valence-corrected chi connectivity index (χ3v) is 4.20. The van der Waals surface area contributed by atoms with Gasteiger partial charge < -0.3 is 5.32 Å². The number of fused-ring (bicyclic) bond motifs is 1. The van der Waals surface area contributed by atoms with Crippen LogP contribution in [0.1, 0.15) is 36.3 Å². The molecular formula is C12H19NS. The maximum Gasteiger partial charge on any atom is 0.0213 e. The van der Waals surface area contributed by atoms with Crippen molar-refractivity contribution >= 4 is 11.3 Å². The second-order valence-electron chi connectivity index (χ2n) is 5.03. The van der Waals surface area contributed by atoms with Gasteiger partial charge in [-0.2, -0.15) is 0 Å². The Morgan fingerprint density at radius 2 is 2.29 bits per heavy atom. The zero-order valence-electron chi connectivity index (χ0n) is 9.31. The smallest absolute Gasteiger partial charge is 0.0213 e. The van der Waals surface area contributed by atoms with Crippen LogP contribution in [0.25, 0.3) is 0 Å². The molecule has 0 aliphatic heterocycles. The van der Waals surface area contributed by atoms with Crippen molar-refractivity contribution in [3.05, 3.63) is 21.4 Å². The van der Waals surface area contributed by atoms with Crippen LogP contribution in [0.3, 0.4) is 0 Å². The van der Waals surface area contributed by atoms with Crippen molar-refractivity contribution in [1.82, 2.24) is 5.32 Å². The summed E-state index contributed by atoms with van der Waals surface area (Å²) in [6, 6.07) is 0. The average Bonchev–Trinajstić information content (AvgIpc) is 2.47. The summed E-state index contributed by atoms with van der Waals surface area (Å²) in [5, 5.41) is 5.58. The average molecular weight is 209 g/mol. The van der Waals surface area contributed by atoms with Gasteiger partial charge in [0.15, 0.2) is 0 Å². The number of rotatable bonds is 2. The Balaban J connectivity index is 2.25. The quantitative estimate of drug-likeness (QED) is 0.789. The summed E-state index contributed by atoms with van der Waals surface area (Å²) in [6.07, 6.45) is 3.90. The minimum atomic E-state index is 0.523. The Hall–Kier alpha value is -0.340. The van der Waals surface area contributed by atoms with Gasteiger partial charge in [0.05, 0.1) is 0 Å². The van der Waals surface area contributed by atoms with E-state index < -0.39 is 0 Å². The van der Waals surface area contributed by atoms with Crippen LogP contribution in [0.2, 0.25) is 0 Å². The van der Waals surface area contributed by atoms with Crippen LogP contribution in [0, 0.1) is 5.41 Å². The van der Waals surface area contributed by atoms with E-state index in [-0.39, 0.29) is 0 Å². The molecule has 1 aliphatic rings. The van der Waals surface area contributed by atoms with Crippen LogP contribution in [0.5, 0.6) is 0 Å². The summed E-state index contributed by atoms with van der Waals surface area (Å²) in [7, 11) is 2.02. The molecule has 1 nitrogen and oxygen atoms in total. The fourth-order valence-corrected chi connectivity index (χ4v) is 3.60. The molecule has 78 valence electrons. The lowest BCUT2D eigenvalue weighted by Gasteiger charge is -2.29. The molecule has 2 heteroatoms. The zero-order chi connectivity index (χ0) is 10.2. The molecule has 14 heavy (non-hydrogen) atoms. The summed E-state index contributed by atoms with van der Waals surface area (Å²) in [4.78, 5) is 1.63. The van der Waals surface area contributed by atoms with Crippen molar-refractivity contribution < 1.29 is 0 Å². The van der Waals surface area contributed by atoms with Crippen molar-refractivity contribution in [1.29, 1.82) is 0 Å². The van der Waals surface area contributed by atoms with Crippen LogP contribution in [-0.2, 0) is 19.4 Å². The molecule has 1 heterocycles. The first-order valence-electron chi connectivity index (χ1n) is 5.35. The van der Waals surface area contributed by atoms with E-state index in [1.54, 1.807) is 10.4 Å². The summed E-state index contributed by atoms with van der Waals surface area (Å²) in [5.41, 5.74) is 3.70. The molecule has 0 aromatic carbocycles. The van der Waals surface area contributed by atoms with E-state index in [1.165, 1.54) is 24.8 Å². The Morgan fingerprint density at radius 3 is 3.00 bits per heavy atom. The van der Waals surface area contributed by atoms with Gasteiger partial charge in [-0.05, 0) is 48.2 Å². The van der Waals surface area contributed by atoms with Crippen molar-refractivity contribution in [2.45, 2.75) is 39.7 Å². The van der Waals surface area contributed by atoms with E-state index in [0.29, 0.717) is 5.41 Å². The molecule has 0 spiro atoms. The summed E-state index contributed by atoms with van der Waals surface area (Å²) in [6.45, 7) is 5.80. The molecular weight excluding hydrogens is 190 g/mol. The van der Waals surface area contributed by atoms with Crippen molar-refractivity contribution in [3.63, 3.8) is 0 Å². The monoisotopic (exact) mass is 209 g/mol. The molecule has 1 aromatic heterocycles. The first kappa shape index (κ1) is 10.2. The van der Waals surface area contributed by atoms with Gasteiger partial charge in [-0.15, -0.1) is 11.3 Å². The minimum absolute atomic E-state index is 0.523. The normalized spacial score (nSPS) is 19.4. The highest BCUT2D eigenvalue weighted by Crippen LogP contribution is 2.39. The number of hydrogen-bond donors (Lipinski definition) is 1. The number of hydrogen-bond acceptors (Lipinski definition) is 2. The molecule has 2 rings (SSSR count). The Kier molecular flexibility index (Phi) is 2.67. The predicted molar refractivity (Wildman–Crippen MR) is 62.9 cm³/mol. The van der Waals surface area contributed by atoms with Gasteiger partial charge in [0.25, 0.3) is 0 Å². The van der Waals surface area contributed by atoms with Crippen LogP contribution in [0.4, 0.5) is 0 Å². The van der Waals surface area contributed by atoms with Crippen LogP contribution in [0.15, 0.2) is 5.38 Å². The molecule has 0 atom stereocenters. The fourth-order valence-electron chi connectivity index (χ4n) is 2.24. The third kappa shape index (κ3) is 1.86. The highest BCUT2D eigenvalue weighted by molar-refractivity contribution is 7.10. The molecule has 0 saturated carbocycles. The number of thiophene rings is 1. The van der Waals surface area contributed by atoms with Crippen LogP contribution in [-0.4, -0.2) is 7.05 Å². The lowest BCUT2D eigenvalue weighted by molar-refractivity contribution is 0.318. The highest BCUT2D eigenvalue weighted by Gasteiger charge is 2.27. The first-order valence-corrected chi connectivity index (χ1v) is 6.23. The van der Waals surface area contributed by atoms with Gasteiger partial charge in [-0.1, -0.05) is 13.8 Å². The van der Waals surface area contributed by atoms with Gasteiger partial charge in [0, 0.05) is 11.4 Å². The molecule has 1 aromatic rings. The number of nitrogens with one attached hydrogen (secondary N) is 1. The van der Waals surface area contributed by atoms with Crippen LogP contribution >= 0.6 is 11.3 Å². The van der Waals surface area contributed by atoms with Gasteiger partial charge in [-0.25, -0.2) is 0 Å². The van der Waals surface area contributed by atoms with Gasteiger partial charge in [-0.3, -0.25) is 0 Å². The topological polar surface area (TPSA) is 12.0 Å². The van der Waals surface area contributed by atoms with E-state index in [9.17, 15) is 0 Å². The predicted octanol–water partition coefficient (Wildman–Crippen LogP) is 2.98. The summed E-state index contributed by atoms with van der Waals surface area (Å²) < 4.78 is 0. The zero-order valence-corrected chi connectivity index (χ0v) is 10.1. The van der Waals surface area contributed by atoms with E-state index in [4.69, 9.17) is 0 Å². The third-order valence-electron chi connectivity index (χ3n) is 3.13. The molecule has 0 fully saturated rings. The van der Waals surface area contributed by atoms with Gasteiger partial charge in [0.2, 0.25) is 0 Å². The van der Waals surface area contributed by atoms with Crippen LogP contribution < -0.4 is 5.32 Å². The molecule has 0 amide bonds. The largest absolute Gasteiger partial charge is 0.316 e. The Bertz CT molecular complexity index is 325. The second kappa shape index (κ2) is 3.67. The van der Waals surface area contributed by atoms with E-state index in [0.717, 1.165) is 6.54 Å².